The molecule has 18 heavy (non-hydrogen) atoms. The van der Waals surface area contributed by atoms with Crippen molar-refractivity contribution in [1.82, 2.24) is 4.90 Å². The second-order valence-electron chi connectivity index (χ2n) is 5.15. The number of esters is 1. The molecule has 4 nitrogen and oxygen atoms in total. The van der Waals surface area contributed by atoms with Crippen LogP contribution < -0.4 is 0 Å². The Hall–Kier alpha value is -0.610. The molecule has 0 radical (unpaired) electrons. The average Bonchev–Trinajstić information content (AvgIpc) is 2.26. The van der Waals surface area contributed by atoms with Gasteiger partial charge in [-0.25, -0.2) is 0 Å². The van der Waals surface area contributed by atoms with Gasteiger partial charge in [-0.05, 0) is 63.7 Å². The second-order valence-corrected chi connectivity index (χ2v) is 5.57. The minimum atomic E-state index is -0.252. The summed E-state index contributed by atoms with van der Waals surface area (Å²) in [5.74, 6) is 0.407. The molecule has 0 aromatic carbocycles. The molecule has 104 valence electrons. The Morgan fingerprint density at radius 3 is 2.44 bits per heavy atom. The Kier molecular flexibility index (Phi) is 6.65. The number of halogens is 1. The van der Waals surface area contributed by atoms with Crippen molar-refractivity contribution in [2.24, 2.45) is 5.92 Å². The van der Waals surface area contributed by atoms with Gasteiger partial charge in [0.05, 0.1) is 12.6 Å². The van der Waals surface area contributed by atoms with E-state index in [1.165, 1.54) is 0 Å². The molecule has 0 aliphatic carbocycles. The van der Waals surface area contributed by atoms with E-state index in [2.05, 4.69) is 4.90 Å². The predicted molar refractivity (Wildman–Crippen MR) is 70.5 cm³/mol. The Morgan fingerprint density at radius 2 is 1.94 bits per heavy atom. The van der Waals surface area contributed by atoms with E-state index in [1.807, 2.05) is 13.8 Å². The highest BCUT2D eigenvalue weighted by atomic mass is 35.5. The molecule has 1 saturated heterocycles. The third kappa shape index (κ3) is 6.36. The highest BCUT2D eigenvalue weighted by Crippen LogP contribution is 2.22. The van der Waals surface area contributed by atoms with Crippen molar-refractivity contribution in [2.45, 2.75) is 45.6 Å². The fraction of sp³-hybridized carbons (Fsp3) is 0.846. The molecule has 1 aliphatic heterocycles. The number of hydrogen-bond acceptors (Lipinski definition) is 4. The topological polar surface area (TPSA) is 46.6 Å². The maximum atomic E-state index is 11.5. The zero-order chi connectivity index (χ0) is 13.5. The number of hydrogen-bond donors (Lipinski definition) is 0. The number of carbonyl (C=O) groups excluding carboxylic acids is 2. The fourth-order valence-electron chi connectivity index (χ4n) is 2.23. The zero-order valence-electron chi connectivity index (χ0n) is 11.2. The van der Waals surface area contributed by atoms with E-state index in [0.717, 1.165) is 32.4 Å². The van der Waals surface area contributed by atoms with E-state index in [0.29, 0.717) is 18.9 Å². The van der Waals surface area contributed by atoms with Crippen LogP contribution in [0.2, 0.25) is 0 Å². The van der Waals surface area contributed by atoms with Gasteiger partial charge in [0.15, 0.2) is 0 Å². The zero-order valence-corrected chi connectivity index (χ0v) is 11.9. The van der Waals surface area contributed by atoms with Crippen LogP contribution in [0.3, 0.4) is 0 Å². The summed E-state index contributed by atoms with van der Waals surface area (Å²) in [4.78, 5) is 24.3. The predicted octanol–water partition coefficient (Wildman–Crippen LogP) is 2.20. The molecule has 0 bridgehead atoms. The number of rotatable bonds is 6. The molecule has 0 amide bonds. The first-order valence-corrected chi connectivity index (χ1v) is 6.95. The smallest absolute Gasteiger partial charge is 0.320 e. The molecule has 0 saturated carbocycles. The summed E-state index contributed by atoms with van der Waals surface area (Å²) < 4.78 is 5.12. The van der Waals surface area contributed by atoms with Gasteiger partial charge in [0, 0.05) is 6.42 Å². The Bertz CT molecular complexity index is 286. The lowest BCUT2D eigenvalue weighted by Crippen LogP contribution is -2.38. The number of carbonyl (C=O) groups is 2. The summed E-state index contributed by atoms with van der Waals surface area (Å²) >= 11 is 5.33. The molecule has 5 heteroatoms. The van der Waals surface area contributed by atoms with Crippen LogP contribution in [-0.2, 0) is 14.3 Å². The molecule has 0 aromatic rings. The van der Waals surface area contributed by atoms with Crippen molar-refractivity contribution < 1.29 is 14.3 Å². The summed E-state index contributed by atoms with van der Waals surface area (Å²) in [6.45, 7) is 5.88. The van der Waals surface area contributed by atoms with E-state index in [1.54, 1.807) is 0 Å². The minimum absolute atomic E-state index is 0.0511. The van der Waals surface area contributed by atoms with Crippen LogP contribution in [0.4, 0.5) is 0 Å². The summed E-state index contributed by atoms with van der Waals surface area (Å²) in [5.41, 5.74) is 0. The Balaban J connectivity index is 2.19. The SMILES string of the molecule is CC(C)OC(=O)CN1CCC(CCC(=O)Cl)CC1. The molecule has 1 aliphatic rings. The van der Waals surface area contributed by atoms with Crippen LogP contribution in [-0.4, -0.2) is 41.8 Å². The van der Waals surface area contributed by atoms with E-state index in [-0.39, 0.29) is 17.3 Å². The van der Waals surface area contributed by atoms with Crippen LogP contribution >= 0.6 is 11.6 Å². The molecule has 1 heterocycles. The van der Waals surface area contributed by atoms with E-state index >= 15 is 0 Å². The highest BCUT2D eigenvalue weighted by Gasteiger charge is 2.21. The van der Waals surface area contributed by atoms with Gasteiger partial charge in [-0.2, -0.15) is 0 Å². The standard InChI is InChI=1S/C13H22ClNO3/c1-10(2)18-13(17)9-15-7-5-11(6-8-15)3-4-12(14)16/h10-11H,3-9H2,1-2H3. The highest BCUT2D eigenvalue weighted by molar-refractivity contribution is 6.63. The van der Waals surface area contributed by atoms with Gasteiger partial charge in [-0.1, -0.05) is 0 Å². The maximum absolute atomic E-state index is 11.5. The van der Waals surface area contributed by atoms with Crippen LogP contribution in [0.25, 0.3) is 0 Å². The third-order valence-corrected chi connectivity index (χ3v) is 3.37. The van der Waals surface area contributed by atoms with Crippen LogP contribution in [0.5, 0.6) is 0 Å². The summed E-state index contributed by atoms with van der Waals surface area (Å²) in [6.07, 6.45) is 3.33. The molecule has 0 spiro atoms. The molecule has 1 fully saturated rings. The molecule has 0 atom stereocenters. The van der Waals surface area contributed by atoms with E-state index in [9.17, 15) is 9.59 Å². The van der Waals surface area contributed by atoms with Crippen molar-refractivity contribution in [3.63, 3.8) is 0 Å². The first kappa shape index (κ1) is 15.4. The number of piperidine rings is 1. The molecular weight excluding hydrogens is 254 g/mol. The maximum Gasteiger partial charge on any atom is 0.320 e. The normalized spacial score (nSPS) is 18.0. The molecule has 1 rings (SSSR count). The van der Waals surface area contributed by atoms with Gasteiger partial charge < -0.3 is 4.74 Å². The van der Waals surface area contributed by atoms with Gasteiger partial charge >= 0.3 is 5.97 Å². The van der Waals surface area contributed by atoms with E-state index < -0.39 is 0 Å². The van der Waals surface area contributed by atoms with Crippen molar-refractivity contribution >= 4 is 22.8 Å². The van der Waals surface area contributed by atoms with Crippen molar-refractivity contribution in [1.29, 1.82) is 0 Å². The lowest BCUT2D eigenvalue weighted by Gasteiger charge is -2.31. The van der Waals surface area contributed by atoms with Crippen molar-refractivity contribution in [3.05, 3.63) is 0 Å². The van der Waals surface area contributed by atoms with Crippen molar-refractivity contribution in [2.75, 3.05) is 19.6 Å². The molecular formula is C13H22ClNO3. The van der Waals surface area contributed by atoms with Gasteiger partial charge in [0.1, 0.15) is 0 Å². The largest absolute Gasteiger partial charge is 0.462 e. The number of nitrogens with zero attached hydrogens (tertiary/aromatic N) is 1. The lowest BCUT2D eigenvalue weighted by molar-refractivity contribution is -0.149. The fourth-order valence-corrected chi connectivity index (χ4v) is 2.34. The van der Waals surface area contributed by atoms with Crippen LogP contribution in [0, 0.1) is 5.92 Å². The third-order valence-electron chi connectivity index (χ3n) is 3.18. The Labute approximate surface area is 114 Å². The van der Waals surface area contributed by atoms with Crippen molar-refractivity contribution in [3.8, 4) is 0 Å². The monoisotopic (exact) mass is 275 g/mol. The number of likely N-dealkylation sites (tertiary alicyclic amines) is 1. The van der Waals surface area contributed by atoms with Gasteiger partial charge in [0.2, 0.25) is 5.24 Å². The Morgan fingerprint density at radius 1 is 1.33 bits per heavy atom. The number of ether oxygens (including phenoxy) is 1. The van der Waals surface area contributed by atoms with Crippen LogP contribution in [0.1, 0.15) is 39.5 Å². The van der Waals surface area contributed by atoms with Gasteiger partial charge in [-0.15, -0.1) is 0 Å². The quantitative estimate of drug-likeness (QED) is 0.551. The summed E-state index contributed by atoms with van der Waals surface area (Å²) in [6, 6.07) is 0. The van der Waals surface area contributed by atoms with E-state index in [4.69, 9.17) is 16.3 Å². The minimum Gasteiger partial charge on any atom is -0.462 e. The van der Waals surface area contributed by atoms with Gasteiger partial charge in [0.25, 0.3) is 0 Å². The first-order chi connectivity index (χ1) is 8.47. The molecule has 0 unspecified atom stereocenters. The van der Waals surface area contributed by atoms with Gasteiger partial charge in [-0.3, -0.25) is 14.5 Å². The first-order valence-electron chi connectivity index (χ1n) is 6.57. The van der Waals surface area contributed by atoms with Crippen LogP contribution in [0.15, 0.2) is 0 Å². The molecule has 0 aromatic heterocycles. The lowest BCUT2D eigenvalue weighted by atomic mass is 9.92. The average molecular weight is 276 g/mol. The second kappa shape index (κ2) is 7.74. The molecule has 0 N–H and O–H groups in total. The summed E-state index contributed by atoms with van der Waals surface area (Å²) in [7, 11) is 0. The summed E-state index contributed by atoms with van der Waals surface area (Å²) in [5, 5.41) is -0.252.